The summed E-state index contributed by atoms with van der Waals surface area (Å²) in [6.07, 6.45) is 2.55. The minimum Gasteiger partial charge on any atom is -0.345 e. The van der Waals surface area contributed by atoms with Crippen LogP contribution in [0.15, 0.2) is 18.2 Å². The SMILES string of the molecule is Cc1cc(NC(=O)CNCC2CC2)ccc1C(=O)N(C)C. The summed E-state index contributed by atoms with van der Waals surface area (Å²) in [5.74, 6) is 0.676. The van der Waals surface area contributed by atoms with Crippen LogP contribution in [0.3, 0.4) is 0 Å². The minimum atomic E-state index is -0.0539. The Kier molecular flexibility index (Phi) is 4.96. The average Bonchev–Trinajstić information content (AvgIpc) is 3.22. The third-order valence-electron chi connectivity index (χ3n) is 3.56. The molecule has 0 atom stereocenters. The Hall–Kier alpha value is -1.88. The second-order valence-electron chi connectivity index (χ2n) is 5.85. The van der Waals surface area contributed by atoms with E-state index in [4.69, 9.17) is 0 Å². The van der Waals surface area contributed by atoms with E-state index in [1.807, 2.05) is 13.0 Å². The molecule has 0 aromatic heterocycles. The molecule has 1 aromatic rings. The van der Waals surface area contributed by atoms with Crippen LogP contribution in [0.5, 0.6) is 0 Å². The van der Waals surface area contributed by atoms with E-state index in [1.54, 1.807) is 31.1 Å². The Morgan fingerprint density at radius 2 is 2.00 bits per heavy atom. The maximum atomic E-state index is 11.9. The van der Waals surface area contributed by atoms with Crippen molar-refractivity contribution >= 4 is 17.5 Å². The van der Waals surface area contributed by atoms with Crippen LogP contribution >= 0.6 is 0 Å². The maximum Gasteiger partial charge on any atom is 0.253 e. The number of carbonyl (C=O) groups is 2. The molecule has 5 heteroatoms. The summed E-state index contributed by atoms with van der Waals surface area (Å²) in [5.41, 5.74) is 2.24. The van der Waals surface area contributed by atoms with E-state index < -0.39 is 0 Å². The molecule has 0 aliphatic heterocycles. The summed E-state index contributed by atoms with van der Waals surface area (Å²) in [6.45, 7) is 3.12. The number of amides is 2. The van der Waals surface area contributed by atoms with Crippen molar-refractivity contribution in [3.8, 4) is 0 Å². The number of rotatable bonds is 6. The topological polar surface area (TPSA) is 61.4 Å². The lowest BCUT2D eigenvalue weighted by molar-refractivity contribution is -0.115. The van der Waals surface area contributed by atoms with Gasteiger partial charge in [-0.15, -0.1) is 0 Å². The lowest BCUT2D eigenvalue weighted by Gasteiger charge is -2.14. The predicted molar refractivity (Wildman–Crippen MR) is 83.4 cm³/mol. The highest BCUT2D eigenvalue weighted by Gasteiger charge is 2.20. The van der Waals surface area contributed by atoms with Crippen molar-refractivity contribution in [3.05, 3.63) is 29.3 Å². The molecular formula is C16H23N3O2. The van der Waals surface area contributed by atoms with E-state index in [0.717, 1.165) is 23.7 Å². The van der Waals surface area contributed by atoms with Crippen molar-refractivity contribution < 1.29 is 9.59 Å². The summed E-state index contributed by atoms with van der Waals surface area (Å²) in [4.78, 5) is 25.3. The number of benzene rings is 1. The number of hydrogen-bond acceptors (Lipinski definition) is 3. The van der Waals surface area contributed by atoms with Crippen LogP contribution < -0.4 is 10.6 Å². The van der Waals surface area contributed by atoms with E-state index >= 15 is 0 Å². The molecule has 0 heterocycles. The number of aryl methyl sites for hydroxylation is 1. The molecular weight excluding hydrogens is 266 g/mol. The zero-order valence-electron chi connectivity index (χ0n) is 12.9. The first-order chi connectivity index (χ1) is 9.97. The van der Waals surface area contributed by atoms with Crippen LogP contribution in [-0.2, 0) is 4.79 Å². The zero-order chi connectivity index (χ0) is 15.4. The van der Waals surface area contributed by atoms with E-state index in [-0.39, 0.29) is 11.8 Å². The standard InChI is InChI=1S/C16H23N3O2/c1-11-8-13(6-7-14(11)16(21)19(2)3)18-15(20)10-17-9-12-4-5-12/h6-8,12,17H,4-5,9-10H2,1-3H3,(H,18,20). The van der Waals surface area contributed by atoms with E-state index in [2.05, 4.69) is 10.6 Å². The van der Waals surface area contributed by atoms with Gasteiger partial charge in [0.25, 0.3) is 5.91 Å². The van der Waals surface area contributed by atoms with Crippen molar-refractivity contribution in [1.29, 1.82) is 0 Å². The van der Waals surface area contributed by atoms with Crippen LogP contribution in [0.4, 0.5) is 5.69 Å². The summed E-state index contributed by atoms with van der Waals surface area (Å²) in [7, 11) is 3.45. The largest absolute Gasteiger partial charge is 0.345 e. The van der Waals surface area contributed by atoms with Gasteiger partial charge >= 0.3 is 0 Å². The molecule has 0 radical (unpaired) electrons. The van der Waals surface area contributed by atoms with Gasteiger partial charge in [0.05, 0.1) is 6.54 Å². The molecule has 0 unspecified atom stereocenters. The summed E-state index contributed by atoms with van der Waals surface area (Å²) in [6, 6.07) is 5.35. The van der Waals surface area contributed by atoms with E-state index in [9.17, 15) is 9.59 Å². The molecule has 1 aliphatic rings. The Morgan fingerprint density at radius 3 is 2.57 bits per heavy atom. The van der Waals surface area contributed by atoms with Gasteiger partial charge in [-0.2, -0.15) is 0 Å². The van der Waals surface area contributed by atoms with Crippen molar-refractivity contribution in [2.45, 2.75) is 19.8 Å². The predicted octanol–water partition coefficient (Wildman–Crippen LogP) is 1.63. The Balaban J connectivity index is 1.89. The molecule has 2 N–H and O–H groups in total. The fourth-order valence-corrected chi connectivity index (χ4v) is 2.14. The summed E-state index contributed by atoms with van der Waals surface area (Å²) >= 11 is 0. The lowest BCUT2D eigenvalue weighted by Crippen LogP contribution is -2.29. The van der Waals surface area contributed by atoms with Crippen LogP contribution in [-0.4, -0.2) is 43.9 Å². The molecule has 21 heavy (non-hydrogen) atoms. The highest BCUT2D eigenvalue weighted by atomic mass is 16.2. The fraction of sp³-hybridized carbons (Fsp3) is 0.500. The fourth-order valence-electron chi connectivity index (χ4n) is 2.14. The molecule has 1 saturated carbocycles. The molecule has 1 fully saturated rings. The second kappa shape index (κ2) is 6.72. The number of anilines is 1. The third kappa shape index (κ3) is 4.56. The van der Waals surface area contributed by atoms with Crippen molar-refractivity contribution in [2.75, 3.05) is 32.5 Å². The number of carbonyl (C=O) groups excluding carboxylic acids is 2. The Labute approximate surface area is 125 Å². The van der Waals surface area contributed by atoms with Gasteiger partial charge in [0.15, 0.2) is 0 Å². The van der Waals surface area contributed by atoms with Gasteiger partial charge in [0.1, 0.15) is 0 Å². The van der Waals surface area contributed by atoms with E-state index in [1.165, 1.54) is 12.8 Å². The molecule has 0 saturated heterocycles. The Bertz CT molecular complexity index is 536. The van der Waals surface area contributed by atoms with Crippen LogP contribution in [0, 0.1) is 12.8 Å². The maximum absolute atomic E-state index is 11.9. The van der Waals surface area contributed by atoms with Gasteiger partial charge in [-0.05, 0) is 56.0 Å². The molecule has 2 amide bonds. The average molecular weight is 289 g/mol. The van der Waals surface area contributed by atoms with Crippen LogP contribution in [0.25, 0.3) is 0 Å². The van der Waals surface area contributed by atoms with Gasteiger partial charge in [0, 0.05) is 25.3 Å². The molecule has 114 valence electrons. The Morgan fingerprint density at radius 1 is 1.29 bits per heavy atom. The molecule has 2 rings (SSSR count). The van der Waals surface area contributed by atoms with Crippen LogP contribution in [0.2, 0.25) is 0 Å². The highest BCUT2D eigenvalue weighted by Crippen LogP contribution is 2.27. The molecule has 5 nitrogen and oxygen atoms in total. The summed E-state index contributed by atoms with van der Waals surface area (Å²) < 4.78 is 0. The molecule has 1 aliphatic carbocycles. The lowest BCUT2D eigenvalue weighted by atomic mass is 10.1. The number of nitrogens with zero attached hydrogens (tertiary/aromatic N) is 1. The number of nitrogens with one attached hydrogen (secondary N) is 2. The normalized spacial score (nSPS) is 13.9. The van der Waals surface area contributed by atoms with Crippen molar-refractivity contribution in [3.63, 3.8) is 0 Å². The second-order valence-corrected chi connectivity index (χ2v) is 5.85. The molecule has 0 bridgehead atoms. The van der Waals surface area contributed by atoms with Gasteiger partial charge in [0.2, 0.25) is 5.91 Å². The zero-order valence-corrected chi connectivity index (χ0v) is 12.9. The third-order valence-corrected chi connectivity index (χ3v) is 3.56. The quantitative estimate of drug-likeness (QED) is 0.837. The van der Waals surface area contributed by atoms with Crippen LogP contribution in [0.1, 0.15) is 28.8 Å². The van der Waals surface area contributed by atoms with E-state index in [0.29, 0.717) is 12.1 Å². The summed E-state index contributed by atoms with van der Waals surface area (Å²) in [5, 5.41) is 6.00. The monoisotopic (exact) mass is 289 g/mol. The number of hydrogen-bond donors (Lipinski definition) is 2. The van der Waals surface area contributed by atoms with Gasteiger partial charge in [-0.1, -0.05) is 0 Å². The molecule has 0 spiro atoms. The van der Waals surface area contributed by atoms with Gasteiger partial charge < -0.3 is 15.5 Å². The first-order valence-corrected chi connectivity index (χ1v) is 7.30. The highest BCUT2D eigenvalue weighted by molar-refractivity contribution is 5.97. The van der Waals surface area contributed by atoms with Crippen molar-refractivity contribution in [2.24, 2.45) is 5.92 Å². The first kappa shape index (κ1) is 15.5. The smallest absolute Gasteiger partial charge is 0.253 e. The first-order valence-electron chi connectivity index (χ1n) is 7.30. The minimum absolute atomic E-state index is 0.0310. The van der Waals surface area contributed by atoms with Crippen molar-refractivity contribution in [1.82, 2.24) is 10.2 Å². The van der Waals surface area contributed by atoms with Gasteiger partial charge in [-0.3, -0.25) is 9.59 Å². The van der Waals surface area contributed by atoms with Gasteiger partial charge in [-0.25, -0.2) is 0 Å². The molecule has 1 aromatic carbocycles.